The molecule has 0 bridgehead atoms. The summed E-state index contributed by atoms with van der Waals surface area (Å²) in [4.78, 5) is 11.5. The van der Waals surface area contributed by atoms with E-state index in [1.165, 1.54) is 13.2 Å². The third kappa shape index (κ3) is 3.24. The van der Waals surface area contributed by atoms with Crippen molar-refractivity contribution in [2.45, 2.75) is 0 Å². The molecular weight excluding hydrogens is 222 g/mol. The van der Waals surface area contributed by atoms with Gasteiger partial charge < -0.3 is 14.6 Å². The van der Waals surface area contributed by atoms with Gasteiger partial charge in [-0.15, -0.1) is 0 Å². The van der Waals surface area contributed by atoms with Crippen LogP contribution in [-0.2, 0) is 14.3 Å². The Balaban J connectivity index is 3.08. The predicted octanol–water partition coefficient (Wildman–Crippen LogP) is 1.45. The summed E-state index contributed by atoms with van der Waals surface area (Å²) in [5.74, 6) is -0.714. The fourth-order valence-corrected chi connectivity index (χ4v) is 1.20. The van der Waals surface area contributed by atoms with Crippen molar-refractivity contribution in [3.8, 4) is 11.8 Å². The van der Waals surface area contributed by atoms with Crippen molar-refractivity contribution < 1.29 is 19.4 Å². The van der Waals surface area contributed by atoms with E-state index >= 15 is 0 Å². The molecule has 0 fully saturated rings. The van der Waals surface area contributed by atoms with Gasteiger partial charge in [-0.3, -0.25) is 0 Å². The van der Waals surface area contributed by atoms with Crippen molar-refractivity contribution >= 4 is 11.5 Å². The van der Waals surface area contributed by atoms with Crippen LogP contribution < -0.4 is 0 Å². The van der Waals surface area contributed by atoms with Crippen molar-refractivity contribution in [2.24, 2.45) is 0 Å². The lowest BCUT2D eigenvalue weighted by atomic mass is 10.1. The van der Waals surface area contributed by atoms with Crippen LogP contribution in [0, 0.1) is 11.3 Å². The van der Waals surface area contributed by atoms with Gasteiger partial charge >= 0.3 is 5.97 Å². The van der Waals surface area contributed by atoms with Crippen LogP contribution in [0.5, 0.6) is 5.75 Å². The summed E-state index contributed by atoms with van der Waals surface area (Å²) >= 11 is 0. The van der Waals surface area contributed by atoms with Crippen LogP contribution in [0.2, 0.25) is 0 Å². The molecule has 1 rings (SSSR count). The van der Waals surface area contributed by atoms with E-state index in [1.54, 1.807) is 24.3 Å². The topological polar surface area (TPSA) is 79.5 Å². The zero-order valence-corrected chi connectivity index (χ0v) is 9.21. The zero-order valence-electron chi connectivity index (χ0n) is 9.21. The van der Waals surface area contributed by atoms with E-state index in [-0.39, 0.29) is 23.5 Å². The van der Waals surface area contributed by atoms with Gasteiger partial charge in [0.2, 0.25) is 0 Å². The van der Waals surface area contributed by atoms with Crippen molar-refractivity contribution in [2.75, 3.05) is 13.7 Å². The smallest absolute Gasteiger partial charge is 0.341 e. The molecule has 0 heterocycles. The van der Waals surface area contributed by atoms with Gasteiger partial charge in [-0.2, -0.15) is 5.26 Å². The number of methoxy groups -OCH3 is 1. The Kier molecular flexibility index (Phi) is 4.58. The summed E-state index contributed by atoms with van der Waals surface area (Å²) < 4.78 is 9.41. The molecule has 1 N–H and O–H groups in total. The maximum absolute atomic E-state index is 11.5. The molecule has 0 saturated heterocycles. The van der Waals surface area contributed by atoms with Crippen LogP contribution in [0.1, 0.15) is 5.56 Å². The maximum Gasteiger partial charge on any atom is 0.341 e. The molecule has 0 atom stereocenters. The summed E-state index contributed by atoms with van der Waals surface area (Å²) in [6.07, 6.45) is 1.10. The second kappa shape index (κ2) is 6.18. The normalized spacial score (nSPS) is 10.5. The Bertz CT molecular complexity index is 474. The number of phenols is 1. The summed E-state index contributed by atoms with van der Waals surface area (Å²) in [6, 6.07) is 8.05. The molecule has 0 unspecified atom stereocenters. The average Bonchev–Trinajstić information content (AvgIpc) is 2.35. The number of nitrogens with zero attached hydrogens (tertiary/aromatic N) is 1. The summed E-state index contributed by atoms with van der Waals surface area (Å²) in [5, 5.41) is 17.9. The minimum atomic E-state index is -0.649. The van der Waals surface area contributed by atoms with Gasteiger partial charge in [-0.05, 0) is 6.07 Å². The minimum Gasteiger partial charge on any atom is -0.507 e. The van der Waals surface area contributed by atoms with E-state index in [0.717, 1.165) is 6.26 Å². The van der Waals surface area contributed by atoms with Crippen LogP contribution in [0.15, 0.2) is 30.5 Å². The number of benzene rings is 1. The van der Waals surface area contributed by atoms with Crippen LogP contribution in [-0.4, -0.2) is 24.8 Å². The molecular formula is C12H11NO4. The third-order valence-electron chi connectivity index (χ3n) is 1.95. The van der Waals surface area contributed by atoms with Crippen molar-refractivity contribution in [1.29, 1.82) is 5.26 Å². The number of esters is 1. The number of ether oxygens (including phenoxy) is 2. The number of nitriles is 1. The lowest BCUT2D eigenvalue weighted by Gasteiger charge is -2.07. The molecule has 0 amide bonds. The first-order valence-electron chi connectivity index (χ1n) is 4.76. The van der Waals surface area contributed by atoms with Crippen molar-refractivity contribution in [3.05, 3.63) is 36.1 Å². The molecule has 88 valence electrons. The Morgan fingerprint density at radius 2 is 2.24 bits per heavy atom. The average molecular weight is 233 g/mol. The third-order valence-corrected chi connectivity index (χ3v) is 1.95. The Labute approximate surface area is 98.5 Å². The highest BCUT2D eigenvalue weighted by Gasteiger charge is 2.16. The molecule has 0 aliphatic heterocycles. The van der Waals surface area contributed by atoms with E-state index in [4.69, 9.17) is 10.00 Å². The predicted molar refractivity (Wildman–Crippen MR) is 59.7 cm³/mol. The lowest BCUT2D eigenvalue weighted by molar-refractivity contribution is -0.133. The molecule has 0 radical (unpaired) electrons. The minimum absolute atomic E-state index is 0.0563. The maximum atomic E-state index is 11.5. The lowest BCUT2D eigenvalue weighted by Crippen LogP contribution is -2.05. The van der Waals surface area contributed by atoms with Crippen LogP contribution in [0.4, 0.5) is 0 Å². The fraction of sp³-hybridized carbons (Fsp3) is 0.167. The molecule has 1 aromatic carbocycles. The number of para-hydroxylation sites is 1. The Hall–Kier alpha value is -2.48. The van der Waals surface area contributed by atoms with Gasteiger partial charge in [0.1, 0.15) is 17.4 Å². The second-order valence-electron chi connectivity index (χ2n) is 3.01. The molecule has 17 heavy (non-hydrogen) atoms. The monoisotopic (exact) mass is 233 g/mol. The van der Waals surface area contributed by atoms with E-state index in [0.29, 0.717) is 0 Å². The largest absolute Gasteiger partial charge is 0.507 e. The molecule has 0 saturated carbocycles. The number of hydrogen-bond acceptors (Lipinski definition) is 5. The van der Waals surface area contributed by atoms with Gasteiger partial charge in [0.15, 0.2) is 6.61 Å². The summed E-state index contributed by atoms with van der Waals surface area (Å²) in [5.41, 5.74) is 0.345. The fourth-order valence-electron chi connectivity index (χ4n) is 1.20. The molecule has 0 spiro atoms. The van der Waals surface area contributed by atoms with E-state index < -0.39 is 5.97 Å². The van der Waals surface area contributed by atoms with Gasteiger partial charge in [0, 0.05) is 5.56 Å². The zero-order chi connectivity index (χ0) is 12.7. The molecule has 0 aromatic heterocycles. The first-order chi connectivity index (χ1) is 8.20. The van der Waals surface area contributed by atoms with Gasteiger partial charge in [0.25, 0.3) is 0 Å². The van der Waals surface area contributed by atoms with Gasteiger partial charge in [0.05, 0.1) is 13.4 Å². The van der Waals surface area contributed by atoms with Gasteiger partial charge in [-0.1, -0.05) is 18.2 Å². The van der Waals surface area contributed by atoms with E-state index in [9.17, 15) is 9.90 Å². The second-order valence-corrected chi connectivity index (χ2v) is 3.01. The number of phenolic OH excluding ortho intramolecular Hbond substituents is 1. The Morgan fingerprint density at radius 3 is 2.82 bits per heavy atom. The Morgan fingerprint density at radius 1 is 1.53 bits per heavy atom. The van der Waals surface area contributed by atoms with Crippen LogP contribution >= 0.6 is 0 Å². The highest BCUT2D eigenvalue weighted by molar-refractivity contribution is 6.16. The van der Waals surface area contributed by atoms with Crippen LogP contribution in [0.3, 0.4) is 0 Å². The SMILES string of the molecule is COC(=O)/C(=C\OCC#N)c1ccccc1O. The van der Waals surface area contributed by atoms with Crippen molar-refractivity contribution in [1.82, 2.24) is 0 Å². The summed E-state index contributed by atoms with van der Waals surface area (Å²) in [6.45, 7) is -0.186. The van der Waals surface area contributed by atoms with E-state index in [1.807, 2.05) is 0 Å². The van der Waals surface area contributed by atoms with E-state index in [2.05, 4.69) is 4.74 Å². The summed E-state index contributed by atoms with van der Waals surface area (Å²) in [7, 11) is 1.22. The highest BCUT2D eigenvalue weighted by atomic mass is 16.5. The highest BCUT2D eigenvalue weighted by Crippen LogP contribution is 2.25. The first-order valence-corrected chi connectivity index (χ1v) is 4.76. The number of aromatic hydroxyl groups is 1. The number of carbonyl (C=O) groups excluding carboxylic acids is 1. The molecule has 5 nitrogen and oxygen atoms in total. The number of hydrogen-bond donors (Lipinski definition) is 1. The van der Waals surface area contributed by atoms with Gasteiger partial charge in [-0.25, -0.2) is 4.79 Å². The van der Waals surface area contributed by atoms with Crippen LogP contribution in [0.25, 0.3) is 5.57 Å². The standard InChI is InChI=1S/C12H11NO4/c1-16-12(15)10(8-17-7-6-13)9-4-2-3-5-11(9)14/h2-5,8,14H,7H2,1H3/b10-8-. The number of carbonyl (C=O) groups is 1. The molecule has 1 aromatic rings. The molecule has 0 aliphatic rings. The quantitative estimate of drug-likeness (QED) is 0.368. The number of rotatable bonds is 4. The first kappa shape index (κ1) is 12.6. The van der Waals surface area contributed by atoms with Crippen molar-refractivity contribution in [3.63, 3.8) is 0 Å². The molecule has 0 aliphatic carbocycles. The molecule has 5 heteroatoms.